The normalized spacial score (nSPS) is 17.8. The molecule has 0 radical (unpaired) electrons. The summed E-state index contributed by atoms with van der Waals surface area (Å²) in [5.74, 6) is -0.357. The summed E-state index contributed by atoms with van der Waals surface area (Å²) in [7, 11) is 0. The summed E-state index contributed by atoms with van der Waals surface area (Å²) in [6.07, 6.45) is 0.780. The molecule has 2 amide bonds. The number of aliphatic imine (C=N–C) groups is 2. The first-order valence-electron chi connectivity index (χ1n) is 11.3. The van der Waals surface area contributed by atoms with Gasteiger partial charge in [-0.05, 0) is 43.0 Å². The Kier molecular flexibility index (Phi) is 6.90. The zero-order chi connectivity index (χ0) is 24.2. The van der Waals surface area contributed by atoms with Crippen LogP contribution in [0.3, 0.4) is 0 Å². The molecular weight excluding hydrogens is 445 g/mol. The molecule has 1 aliphatic carbocycles. The molecule has 6 nitrogen and oxygen atoms in total. The number of nitrogens with one attached hydrogen (secondary N) is 2. The van der Waals surface area contributed by atoms with Crippen LogP contribution in [-0.2, 0) is 5.54 Å². The predicted molar refractivity (Wildman–Crippen MR) is 124 cm³/mol. The molecule has 2 aromatic carbocycles. The molecule has 2 N–H and O–H groups in total. The van der Waals surface area contributed by atoms with Gasteiger partial charge >= 0.3 is 12.4 Å². The van der Waals surface area contributed by atoms with E-state index in [9.17, 15) is 18.0 Å². The van der Waals surface area contributed by atoms with Crippen molar-refractivity contribution in [3.8, 4) is 5.75 Å². The van der Waals surface area contributed by atoms with Crippen molar-refractivity contribution in [1.29, 1.82) is 0 Å². The van der Waals surface area contributed by atoms with Gasteiger partial charge in [-0.2, -0.15) is 0 Å². The Morgan fingerprint density at radius 2 is 1.79 bits per heavy atom. The number of ether oxygens (including phenoxy) is 1. The molecule has 1 fully saturated rings. The summed E-state index contributed by atoms with van der Waals surface area (Å²) in [5, 5.41) is 6.14. The Bertz CT molecular complexity index is 1090. The fraction of sp³-hybridized carbons (Fsp3) is 0.400. The van der Waals surface area contributed by atoms with Crippen LogP contribution < -0.4 is 15.4 Å². The van der Waals surface area contributed by atoms with E-state index < -0.39 is 11.9 Å². The Hall–Kier alpha value is -3.36. The van der Waals surface area contributed by atoms with Gasteiger partial charge in [0.1, 0.15) is 12.1 Å². The number of rotatable bonds is 7. The summed E-state index contributed by atoms with van der Waals surface area (Å²) in [5.41, 5.74) is 1.66. The van der Waals surface area contributed by atoms with Gasteiger partial charge < -0.3 is 15.4 Å². The van der Waals surface area contributed by atoms with E-state index in [0.717, 1.165) is 36.8 Å². The van der Waals surface area contributed by atoms with Crippen LogP contribution in [0.2, 0.25) is 0 Å². The first-order chi connectivity index (χ1) is 16.2. The lowest BCUT2D eigenvalue weighted by Gasteiger charge is -2.37. The summed E-state index contributed by atoms with van der Waals surface area (Å²) < 4.78 is 43.1. The Balaban J connectivity index is 1.79. The van der Waals surface area contributed by atoms with Crippen LogP contribution in [0, 0.1) is 6.92 Å². The Morgan fingerprint density at radius 1 is 1.09 bits per heavy atom. The van der Waals surface area contributed by atoms with Crippen molar-refractivity contribution in [1.82, 2.24) is 10.6 Å². The van der Waals surface area contributed by atoms with Crippen LogP contribution in [0.5, 0.6) is 5.75 Å². The number of benzene rings is 2. The average Bonchev–Trinajstić information content (AvgIpc) is 3.46. The van der Waals surface area contributed by atoms with Crippen LogP contribution >= 0.6 is 0 Å². The van der Waals surface area contributed by atoms with Crippen LogP contribution in [0.15, 0.2) is 58.5 Å². The highest BCUT2D eigenvalue weighted by atomic mass is 19.4. The average molecular weight is 473 g/mol. The maximum Gasteiger partial charge on any atom is 0.573 e. The lowest BCUT2D eigenvalue weighted by molar-refractivity contribution is -0.274. The first kappa shape index (κ1) is 23.8. The fourth-order valence-corrected chi connectivity index (χ4v) is 4.63. The molecule has 2 aliphatic rings. The number of alkyl halides is 3. The van der Waals surface area contributed by atoms with Crippen LogP contribution in [-0.4, -0.2) is 37.0 Å². The largest absolute Gasteiger partial charge is 0.573 e. The van der Waals surface area contributed by atoms with Gasteiger partial charge in [0, 0.05) is 18.2 Å². The third-order valence-corrected chi connectivity index (χ3v) is 6.15. The minimum Gasteiger partial charge on any atom is -0.406 e. The van der Waals surface area contributed by atoms with E-state index in [4.69, 9.17) is 0 Å². The summed E-state index contributed by atoms with van der Waals surface area (Å²) in [4.78, 5) is 21.7. The number of urea groups is 1. The predicted octanol–water partition coefficient (Wildman–Crippen LogP) is 5.25. The molecule has 1 unspecified atom stereocenters. The Morgan fingerprint density at radius 3 is 2.44 bits per heavy atom. The quantitative estimate of drug-likeness (QED) is 0.578. The standard InChI is InChI=1S/C25H27F3N4O2/c1-17-6-4-7-18(12-17)24(14-21-15-29-16-30-21,32-23(33)31-20-9-2-3-10-20)19-8-5-11-22(13-19)34-25(26,27)28/h4-8,11-13,16,20H,2-3,9-10,14-15H2,1H3,(H2,31,32,33). The lowest BCUT2D eigenvalue weighted by Crippen LogP contribution is -2.53. The smallest absolute Gasteiger partial charge is 0.406 e. The van der Waals surface area contributed by atoms with Crippen LogP contribution in [0.25, 0.3) is 0 Å². The molecule has 180 valence electrons. The molecule has 4 rings (SSSR count). The zero-order valence-corrected chi connectivity index (χ0v) is 18.9. The van der Waals surface area contributed by atoms with E-state index >= 15 is 0 Å². The highest BCUT2D eigenvalue weighted by Crippen LogP contribution is 2.37. The van der Waals surface area contributed by atoms with Crippen molar-refractivity contribution in [3.05, 3.63) is 65.2 Å². The molecule has 1 saturated carbocycles. The Labute approximate surface area is 196 Å². The van der Waals surface area contributed by atoms with E-state index in [0.29, 0.717) is 17.8 Å². The van der Waals surface area contributed by atoms with Gasteiger partial charge in [0.2, 0.25) is 0 Å². The van der Waals surface area contributed by atoms with Crippen molar-refractivity contribution in [3.63, 3.8) is 0 Å². The number of nitrogens with zero attached hydrogens (tertiary/aromatic N) is 2. The summed E-state index contributed by atoms with van der Waals surface area (Å²) in [6.45, 7) is 2.28. The SMILES string of the molecule is Cc1cccc(C(CC2=NC=NC2)(NC(=O)NC2CCCC2)c2cccc(OC(F)(F)F)c2)c1. The molecule has 1 atom stereocenters. The minimum atomic E-state index is -4.83. The van der Waals surface area contributed by atoms with E-state index in [-0.39, 0.29) is 24.2 Å². The molecule has 0 aromatic heterocycles. The second-order valence-electron chi connectivity index (χ2n) is 8.76. The number of halogens is 3. The van der Waals surface area contributed by atoms with Gasteiger partial charge in [-0.15, -0.1) is 13.2 Å². The van der Waals surface area contributed by atoms with E-state index in [1.165, 1.54) is 24.5 Å². The van der Waals surface area contributed by atoms with Gasteiger partial charge in [-0.25, -0.2) is 9.79 Å². The molecule has 1 aliphatic heterocycles. The summed E-state index contributed by atoms with van der Waals surface area (Å²) >= 11 is 0. The van der Waals surface area contributed by atoms with Crippen molar-refractivity contribution in [2.24, 2.45) is 9.98 Å². The minimum absolute atomic E-state index is 0.0715. The maximum absolute atomic E-state index is 13.2. The lowest BCUT2D eigenvalue weighted by atomic mass is 9.78. The van der Waals surface area contributed by atoms with Gasteiger partial charge in [0.05, 0.1) is 12.1 Å². The molecule has 1 heterocycles. The number of hydrogen-bond donors (Lipinski definition) is 2. The van der Waals surface area contributed by atoms with Gasteiger partial charge in [0.15, 0.2) is 0 Å². The number of amides is 2. The van der Waals surface area contributed by atoms with Crippen molar-refractivity contribution in [2.75, 3.05) is 6.54 Å². The van der Waals surface area contributed by atoms with Crippen molar-refractivity contribution >= 4 is 18.1 Å². The van der Waals surface area contributed by atoms with Crippen molar-refractivity contribution in [2.45, 2.75) is 57.0 Å². The third kappa shape index (κ3) is 5.76. The zero-order valence-electron chi connectivity index (χ0n) is 18.9. The van der Waals surface area contributed by atoms with Crippen LogP contribution in [0.4, 0.5) is 18.0 Å². The molecular formula is C25H27F3N4O2. The van der Waals surface area contributed by atoms with Crippen molar-refractivity contribution < 1.29 is 22.7 Å². The number of carbonyl (C=O) groups excluding carboxylic acids is 1. The van der Waals surface area contributed by atoms with E-state index in [1.54, 1.807) is 6.07 Å². The number of aryl methyl sites for hydroxylation is 1. The molecule has 34 heavy (non-hydrogen) atoms. The first-order valence-corrected chi connectivity index (χ1v) is 11.3. The summed E-state index contributed by atoms with van der Waals surface area (Å²) in [6, 6.07) is 13.0. The highest BCUT2D eigenvalue weighted by Gasteiger charge is 2.39. The second-order valence-corrected chi connectivity index (χ2v) is 8.76. The monoisotopic (exact) mass is 472 g/mol. The topological polar surface area (TPSA) is 75.1 Å². The van der Waals surface area contributed by atoms with Gasteiger partial charge in [0.25, 0.3) is 0 Å². The van der Waals surface area contributed by atoms with Gasteiger partial charge in [-0.3, -0.25) is 4.99 Å². The van der Waals surface area contributed by atoms with Gasteiger partial charge in [-0.1, -0.05) is 54.8 Å². The number of carbonyl (C=O) groups is 1. The third-order valence-electron chi connectivity index (χ3n) is 6.15. The second kappa shape index (κ2) is 9.87. The highest BCUT2D eigenvalue weighted by molar-refractivity contribution is 5.97. The van der Waals surface area contributed by atoms with E-state index in [2.05, 4.69) is 25.4 Å². The number of hydrogen-bond acceptors (Lipinski definition) is 4. The molecule has 9 heteroatoms. The van der Waals surface area contributed by atoms with E-state index in [1.807, 2.05) is 31.2 Å². The fourth-order valence-electron chi connectivity index (χ4n) is 4.63. The molecule has 0 saturated heterocycles. The molecule has 0 spiro atoms. The maximum atomic E-state index is 13.2. The molecule has 2 aromatic rings. The van der Waals surface area contributed by atoms with Crippen LogP contribution in [0.1, 0.15) is 48.8 Å². The molecule has 0 bridgehead atoms.